The van der Waals surface area contributed by atoms with Gasteiger partial charge in [0.05, 0.1) is 32.9 Å². The number of halogens is 2. The quantitative estimate of drug-likeness (QED) is 0.650. The molecule has 0 saturated carbocycles. The van der Waals surface area contributed by atoms with Crippen LogP contribution in [0.3, 0.4) is 0 Å². The average molecular weight is 329 g/mol. The third-order valence-electron chi connectivity index (χ3n) is 2.51. The van der Waals surface area contributed by atoms with Gasteiger partial charge >= 0.3 is 5.97 Å². The number of carbonyl (C=O) groups is 1. The number of aliphatic carboxylic acids is 1. The maximum absolute atomic E-state index is 11.5. The minimum atomic E-state index is -1.35. The van der Waals surface area contributed by atoms with Crippen molar-refractivity contribution in [3.05, 3.63) is 62.9 Å². The van der Waals surface area contributed by atoms with Crippen molar-refractivity contribution in [2.75, 3.05) is 5.01 Å². The van der Waals surface area contributed by atoms with Crippen molar-refractivity contribution in [1.82, 2.24) is 0 Å². The summed E-state index contributed by atoms with van der Waals surface area (Å²) in [6.45, 7) is 0. The van der Waals surface area contributed by atoms with Crippen LogP contribution in [-0.2, 0) is 11.2 Å². The van der Waals surface area contributed by atoms with E-state index in [1.165, 1.54) is 18.2 Å². The van der Waals surface area contributed by atoms with E-state index in [0.29, 0.717) is 5.01 Å². The molecule has 1 N–H and O–H groups in total. The van der Waals surface area contributed by atoms with Gasteiger partial charge in [0.15, 0.2) is 0 Å². The highest BCUT2D eigenvalue weighted by Gasteiger charge is 2.20. The molecule has 0 spiro atoms. The number of nitroso groups, excluding NO2 is 1. The van der Waals surface area contributed by atoms with Crippen molar-refractivity contribution in [3.8, 4) is 0 Å². The first-order valence-corrected chi connectivity index (χ1v) is 6.34. The van der Waals surface area contributed by atoms with Crippen molar-refractivity contribution in [2.24, 2.45) is 5.29 Å². The molecule has 2 aromatic carbocycles. The lowest BCUT2D eigenvalue weighted by atomic mass is 10.1. The lowest BCUT2D eigenvalue weighted by molar-refractivity contribution is -0.136. The molecule has 21 heavy (non-hydrogen) atoms. The molecule has 0 atom stereocenters. The van der Waals surface area contributed by atoms with Crippen molar-refractivity contribution in [2.45, 2.75) is 6.42 Å². The Bertz CT molecular complexity index is 860. The molecular formula is C14H10Cl2N2O3. The fourth-order valence-corrected chi connectivity index (χ4v) is 2.23. The summed E-state index contributed by atoms with van der Waals surface area (Å²) in [6, 6.07) is 1.83. The molecule has 5 nitrogen and oxygen atoms in total. The van der Waals surface area contributed by atoms with Crippen LogP contribution in [0.15, 0.2) is 47.7 Å². The van der Waals surface area contributed by atoms with E-state index >= 15 is 0 Å². The van der Waals surface area contributed by atoms with Crippen LogP contribution >= 0.6 is 23.2 Å². The zero-order valence-electron chi connectivity index (χ0n) is 14.4. The van der Waals surface area contributed by atoms with Gasteiger partial charge in [-0.2, -0.15) is 5.01 Å². The standard InChI is InChI=1S/C14H10Cl2N2O3/c15-10-5-3-6-11(16)14(10)18(17-21)12-7-2-1-4-9(12)8-13(19)20/h1-7H,8H2,(H,19,20)/i1D,2D,4D,7D. The minimum absolute atomic E-state index is 0.000728. The van der Waals surface area contributed by atoms with Crippen LogP contribution in [0.5, 0.6) is 0 Å². The van der Waals surface area contributed by atoms with E-state index in [1.807, 2.05) is 0 Å². The number of nitrogens with zero attached hydrogens (tertiary/aromatic N) is 2. The van der Waals surface area contributed by atoms with Crippen molar-refractivity contribution < 1.29 is 15.4 Å². The van der Waals surface area contributed by atoms with Gasteiger partial charge in [0.1, 0.15) is 5.69 Å². The smallest absolute Gasteiger partial charge is 0.307 e. The molecule has 0 fully saturated rings. The first-order chi connectivity index (χ1) is 11.7. The summed E-state index contributed by atoms with van der Waals surface area (Å²) < 4.78 is 31.4. The monoisotopic (exact) mass is 328 g/mol. The van der Waals surface area contributed by atoms with E-state index in [4.69, 9.17) is 33.8 Å². The van der Waals surface area contributed by atoms with E-state index < -0.39 is 42.2 Å². The molecule has 0 bridgehead atoms. The van der Waals surface area contributed by atoms with Crippen LogP contribution in [0, 0.1) is 4.91 Å². The Morgan fingerprint density at radius 2 is 1.90 bits per heavy atom. The van der Waals surface area contributed by atoms with Gasteiger partial charge in [0.2, 0.25) is 0 Å². The molecule has 0 aliphatic rings. The number of hydrogen-bond donors (Lipinski definition) is 1. The van der Waals surface area contributed by atoms with E-state index in [0.717, 1.165) is 0 Å². The Hall–Kier alpha value is -2.11. The van der Waals surface area contributed by atoms with Gasteiger partial charge in [-0.3, -0.25) is 4.79 Å². The first-order valence-electron chi connectivity index (χ1n) is 7.59. The van der Waals surface area contributed by atoms with Gasteiger partial charge in [0.25, 0.3) is 0 Å². The predicted molar refractivity (Wildman–Crippen MR) is 82.2 cm³/mol. The Morgan fingerprint density at radius 1 is 1.29 bits per heavy atom. The number of carboxylic acids is 1. The van der Waals surface area contributed by atoms with E-state index in [9.17, 15) is 9.70 Å². The molecule has 7 heteroatoms. The Balaban J connectivity index is 2.87. The summed E-state index contributed by atoms with van der Waals surface area (Å²) in [4.78, 5) is 22.6. The van der Waals surface area contributed by atoms with Gasteiger partial charge in [-0.25, -0.2) is 0 Å². The second-order valence-corrected chi connectivity index (χ2v) is 4.68. The third-order valence-corrected chi connectivity index (χ3v) is 3.12. The van der Waals surface area contributed by atoms with Crippen LogP contribution < -0.4 is 5.01 Å². The maximum Gasteiger partial charge on any atom is 0.307 e. The molecular weight excluding hydrogens is 315 g/mol. The summed E-state index contributed by atoms with van der Waals surface area (Å²) in [5.41, 5.74) is -0.843. The summed E-state index contributed by atoms with van der Waals surface area (Å²) in [7, 11) is 0. The largest absolute Gasteiger partial charge is 0.481 e. The van der Waals surface area contributed by atoms with Crippen LogP contribution in [0.2, 0.25) is 10.0 Å². The molecule has 0 aromatic heterocycles. The number of para-hydroxylation sites is 2. The molecule has 0 saturated heterocycles. The van der Waals surface area contributed by atoms with E-state index in [-0.39, 0.29) is 21.3 Å². The molecule has 0 unspecified atom stereocenters. The summed E-state index contributed by atoms with van der Waals surface area (Å²) in [5.74, 6) is -1.35. The van der Waals surface area contributed by atoms with Crippen molar-refractivity contribution in [3.63, 3.8) is 0 Å². The summed E-state index contributed by atoms with van der Waals surface area (Å²) in [6.07, 6.45) is -0.750. The fourth-order valence-electron chi connectivity index (χ4n) is 1.68. The number of hydrogen-bond acceptors (Lipinski definition) is 3. The Labute approximate surface area is 136 Å². The molecule has 2 rings (SSSR count). The lowest BCUT2D eigenvalue weighted by Gasteiger charge is -2.20. The second kappa shape index (κ2) is 6.56. The van der Waals surface area contributed by atoms with Crippen LogP contribution in [-0.4, -0.2) is 11.1 Å². The molecule has 2 aromatic rings. The normalized spacial score (nSPS) is 12.9. The van der Waals surface area contributed by atoms with Gasteiger partial charge in [-0.15, -0.1) is 4.91 Å². The van der Waals surface area contributed by atoms with Crippen LogP contribution in [0.1, 0.15) is 11.0 Å². The van der Waals surface area contributed by atoms with Gasteiger partial charge in [-0.1, -0.05) is 47.4 Å². The van der Waals surface area contributed by atoms with Gasteiger partial charge in [-0.05, 0) is 23.7 Å². The number of carboxylic acid groups (broad SMARTS) is 1. The predicted octanol–water partition coefficient (Wildman–Crippen LogP) is 4.44. The third kappa shape index (κ3) is 3.32. The highest BCUT2D eigenvalue weighted by molar-refractivity contribution is 6.39. The van der Waals surface area contributed by atoms with E-state index in [1.54, 1.807) is 0 Å². The minimum Gasteiger partial charge on any atom is -0.481 e. The zero-order chi connectivity index (χ0) is 18.9. The maximum atomic E-state index is 11.5. The van der Waals surface area contributed by atoms with Crippen LogP contribution in [0.4, 0.5) is 11.4 Å². The first kappa shape index (κ1) is 10.6. The molecule has 108 valence electrons. The summed E-state index contributed by atoms with van der Waals surface area (Å²) >= 11 is 12.1. The highest BCUT2D eigenvalue weighted by atomic mass is 35.5. The van der Waals surface area contributed by atoms with Crippen molar-refractivity contribution in [1.29, 1.82) is 0 Å². The molecule has 0 aliphatic heterocycles. The number of rotatable bonds is 5. The average Bonchev–Trinajstić information content (AvgIpc) is 2.55. The highest BCUT2D eigenvalue weighted by Crippen LogP contribution is 2.39. The number of anilines is 2. The zero-order valence-corrected chi connectivity index (χ0v) is 11.9. The molecule has 0 heterocycles. The van der Waals surface area contributed by atoms with Gasteiger partial charge in [0, 0.05) is 0 Å². The molecule has 0 aliphatic carbocycles. The second-order valence-electron chi connectivity index (χ2n) is 3.86. The molecule has 0 amide bonds. The Morgan fingerprint density at radius 3 is 2.48 bits per heavy atom. The lowest BCUT2D eigenvalue weighted by Crippen LogP contribution is -2.13. The van der Waals surface area contributed by atoms with Crippen molar-refractivity contribution >= 4 is 40.5 Å². The summed E-state index contributed by atoms with van der Waals surface area (Å²) in [5, 5.41) is 12.4. The molecule has 0 radical (unpaired) electrons. The topological polar surface area (TPSA) is 70.0 Å². The SMILES string of the molecule is [2H]c1c([2H])c([2H])c(N(N=O)c2c(Cl)cccc2Cl)c(CC(=O)O)c1[2H]. The van der Waals surface area contributed by atoms with E-state index in [2.05, 4.69) is 5.29 Å². The Kier molecular flexibility index (Phi) is 3.31. The fraction of sp³-hybridized carbons (Fsp3) is 0.0714. The number of benzene rings is 2. The van der Waals surface area contributed by atoms with Gasteiger partial charge < -0.3 is 5.11 Å². The van der Waals surface area contributed by atoms with Crippen LogP contribution in [0.25, 0.3) is 0 Å².